The number of imide groups is 1. The summed E-state index contributed by atoms with van der Waals surface area (Å²) < 4.78 is 4.86. The highest BCUT2D eigenvalue weighted by Gasteiger charge is 2.48. The molecule has 0 unspecified atom stereocenters. The topological polar surface area (TPSA) is 125 Å². The molecule has 0 radical (unpaired) electrons. The SMILES string of the molecule is CNC(=O)CN(C)C(=O)COC(=O)CN1C(=O)N[C@](C)(CCc2ccccc2)C1=O. The van der Waals surface area contributed by atoms with Gasteiger partial charge in [0.25, 0.3) is 11.8 Å². The molecule has 30 heavy (non-hydrogen) atoms. The van der Waals surface area contributed by atoms with E-state index in [1.165, 1.54) is 14.1 Å². The Morgan fingerprint density at radius 3 is 2.50 bits per heavy atom. The normalized spacial score (nSPS) is 18.0. The molecule has 10 nitrogen and oxygen atoms in total. The van der Waals surface area contributed by atoms with E-state index < -0.39 is 42.5 Å². The van der Waals surface area contributed by atoms with Crippen LogP contribution in [0.1, 0.15) is 18.9 Å². The third-order valence-electron chi connectivity index (χ3n) is 4.83. The molecule has 0 aromatic heterocycles. The number of likely N-dealkylation sites (N-methyl/N-ethyl adjacent to an activating group) is 2. The summed E-state index contributed by atoms with van der Waals surface area (Å²) in [4.78, 5) is 62.0. The molecule has 1 aromatic rings. The van der Waals surface area contributed by atoms with E-state index in [2.05, 4.69) is 10.6 Å². The number of nitrogens with one attached hydrogen (secondary N) is 2. The zero-order valence-electron chi connectivity index (χ0n) is 17.3. The smallest absolute Gasteiger partial charge is 0.326 e. The zero-order valence-corrected chi connectivity index (χ0v) is 17.3. The van der Waals surface area contributed by atoms with Crippen LogP contribution in [0.2, 0.25) is 0 Å². The Hall–Kier alpha value is -3.43. The molecule has 0 aliphatic carbocycles. The first-order valence-electron chi connectivity index (χ1n) is 9.44. The Labute approximate surface area is 174 Å². The summed E-state index contributed by atoms with van der Waals surface area (Å²) in [6.45, 7) is 0.234. The molecule has 162 valence electrons. The first-order valence-corrected chi connectivity index (χ1v) is 9.44. The number of nitrogens with zero attached hydrogens (tertiary/aromatic N) is 2. The molecule has 1 fully saturated rings. The van der Waals surface area contributed by atoms with Gasteiger partial charge < -0.3 is 20.3 Å². The monoisotopic (exact) mass is 418 g/mol. The van der Waals surface area contributed by atoms with Crippen molar-refractivity contribution < 1.29 is 28.7 Å². The highest BCUT2D eigenvalue weighted by molar-refractivity contribution is 6.08. The van der Waals surface area contributed by atoms with Crippen LogP contribution in [-0.4, -0.2) is 78.9 Å². The number of aryl methyl sites for hydroxylation is 1. The Morgan fingerprint density at radius 1 is 1.20 bits per heavy atom. The molecule has 1 aliphatic rings. The Kier molecular flexibility index (Phi) is 7.51. The lowest BCUT2D eigenvalue weighted by Crippen LogP contribution is -2.45. The first-order chi connectivity index (χ1) is 14.2. The number of rotatable bonds is 9. The highest BCUT2D eigenvalue weighted by Crippen LogP contribution is 2.23. The minimum atomic E-state index is -1.13. The van der Waals surface area contributed by atoms with Crippen molar-refractivity contribution in [3.63, 3.8) is 0 Å². The number of ether oxygens (including phenoxy) is 1. The van der Waals surface area contributed by atoms with Crippen molar-refractivity contribution in [2.75, 3.05) is 33.8 Å². The highest BCUT2D eigenvalue weighted by atomic mass is 16.5. The molecule has 2 rings (SSSR count). The molecule has 0 bridgehead atoms. The molecular formula is C20H26N4O6. The minimum Gasteiger partial charge on any atom is -0.454 e. The van der Waals surface area contributed by atoms with Crippen LogP contribution in [0, 0.1) is 0 Å². The van der Waals surface area contributed by atoms with Gasteiger partial charge in [-0.2, -0.15) is 0 Å². The minimum absolute atomic E-state index is 0.181. The second kappa shape index (κ2) is 9.86. The summed E-state index contributed by atoms with van der Waals surface area (Å²) in [6, 6.07) is 8.85. The zero-order chi connectivity index (χ0) is 22.3. The van der Waals surface area contributed by atoms with E-state index in [9.17, 15) is 24.0 Å². The molecular weight excluding hydrogens is 392 g/mol. The summed E-state index contributed by atoms with van der Waals surface area (Å²) in [5.74, 6) is -2.38. The van der Waals surface area contributed by atoms with Gasteiger partial charge in [0.1, 0.15) is 12.1 Å². The summed E-state index contributed by atoms with van der Waals surface area (Å²) in [6.07, 6.45) is 0.948. The number of benzene rings is 1. The molecule has 1 heterocycles. The van der Waals surface area contributed by atoms with Gasteiger partial charge in [0.05, 0.1) is 6.54 Å². The predicted octanol–water partition coefficient (Wildman–Crippen LogP) is -0.323. The van der Waals surface area contributed by atoms with Crippen LogP contribution in [0.3, 0.4) is 0 Å². The molecule has 10 heteroatoms. The second-order valence-electron chi connectivity index (χ2n) is 7.22. The number of amides is 5. The van der Waals surface area contributed by atoms with Crippen LogP contribution in [0.4, 0.5) is 4.79 Å². The average molecular weight is 418 g/mol. The largest absolute Gasteiger partial charge is 0.454 e. The molecule has 1 aliphatic heterocycles. The number of carbonyl (C=O) groups is 5. The van der Waals surface area contributed by atoms with Gasteiger partial charge in [-0.25, -0.2) is 4.79 Å². The fraction of sp³-hybridized carbons (Fsp3) is 0.450. The van der Waals surface area contributed by atoms with Crippen molar-refractivity contribution in [2.24, 2.45) is 0 Å². The molecule has 0 spiro atoms. The first kappa shape index (κ1) is 22.9. The van der Waals surface area contributed by atoms with Crippen molar-refractivity contribution >= 4 is 29.7 Å². The maximum absolute atomic E-state index is 12.7. The van der Waals surface area contributed by atoms with Crippen molar-refractivity contribution in [1.29, 1.82) is 0 Å². The van der Waals surface area contributed by atoms with E-state index in [1.807, 2.05) is 30.3 Å². The summed E-state index contributed by atoms with van der Waals surface area (Å²) in [7, 11) is 2.83. The predicted molar refractivity (Wildman–Crippen MR) is 106 cm³/mol. The quantitative estimate of drug-likeness (QED) is 0.418. The van der Waals surface area contributed by atoms with Crippen LogP contribution in [0.25, 0.3) is 0 Å². The van der Waals surface area contributed by atoms with E-state index in [1.54, 1.807) is 6.92 Å². The fourth-order valence-electron chi connectivity index (χ4n) is 2.91. The van der Waals surface area contributed by atoms with Gasteiger partial charge in [0.15, 0.2) is 6.61 Å². The van der Waals surface area contributed by atoms with Crippen LogP contribution in [-0.2, 0) is 30.3 Å². The van der Waals surface area contributed by atoms with Crippen LogP contribution in [0.15, 0.2) is 30.3 Å². The van der Waals surface area contributed by atoms with E-state index in [-0.39, 0.29) is 12.5 Å². The number of esters is 1. The number of carbonyl (C=O) groups excluding carboxylic acids is 5. The van der Waals surface area contributed by atoms with Gasteiger partial charge in [0.2, 0.25) is 5.91 Å². The van der Waals surface area contributed by atoms with Crippen LogP contribution >= 0.6 is 0 Å². The maximum Gasteiger partial charge on any atom is 0.326 e. The molecule has 1 aromatic carbocycles. The molecule has 1 atom stereocenters. The summed E-state index contributed by atoms with van der Waals surface area (Å²) >= 11 is 0. The molecule has 5 amide bonds. The van der Waals surface area contributed by atoms with E-state index in [0.717, 1.165) is 15.4 Å². The van der Waals surface area contributed by atoms with Gasteiger partial charge in [-0.3, -0.25) is 24.1 Å². The Bertz CT molecular complexity index is 828. The number of hydrogen-bond acceptors (Lipinski definition) is 6. The van der Waals surface area contributed by atoms with Gasteiger partial charge in [0, 0.05) is 14.1 Å². The van der Waals surface area contributed by atoms with Crippen molar-refractivity contribution in [2.45, 2.75) is 25.3 Å². The van der Waals surface area contributed by atoms with Crippen LogP contribution in [0.5, 0.6) is 0 Å². The fourth-order valence-corrected chi connectivity index (χ4v) is 2.91. The van der Waals surface area contributed by atoms with Crippen molar-refractivity contribution in [1.82, 2.24) is 20.4 Å². The van der Waals surface area contributed by atoms with Crippen molar-refractivity contribution in [3.8, 4) is 0 Å². The third kappa shape index (κ3) is 5.79. The van der Waals surface area contributed by atoms with Gasteiger partial charge >= 0.3 is 12.0 Å². The lowest BCUT2D eigenvalue weighted by molar-refractivity contribution is -0.153. The maximum atomic E-state index is 12.7. The molecule has 1 saturated heterocycles. The van der Waals surface area contributed by atoms with Gasteiger partial charge in [-0.1, -0.05) is 30.3 Å². The Balaban J connectivity index is 1.86. The lowest BCUT2D eigenvalue weighted by atomic mass is 9.93. The van der Waals surface area contributed by atoms with E-state index in [4.69, 9.17) is 4.74 Å². The van der Waals surface area contributed by atoms with Gasteiger partial charge in [-0.05, 0) is 25.3 Å². The number of urea groups is 1. The van der Waals surface area contributed by atoms with E-state index >= 15 is 0 Å². The third-order valence-corrected chi connectivity index (χ3v) is 4.83. The average Bonchev–Trinajstić information content (AvgIpc) is 2.94. The lowest BCUT2D eigenvalue weighted by Gasteiger charge is -2.21. The second-order valence-corrected chi connectivity index (χ2v) is 7.22. The standard InChI is InChI=1S/C20H26N4O6/c1-20(10-9-14-7-5-4-6-8-14)18(28)24(19(29)22-20)12-17(27)30-13-16(26)23(3)11-15(25)21-2/h4-8H,9-13H2,1-3H3,(H,21,25)(H,22,29)/t20-/m1/s1. The molecule has 0 saturated carbocycles. The van der Waals surface area contributed by atoms with Crippen LogP contribution < -0.4 is 10.6 Å². The summed E-state index contributed by atoms with van der Waals surface area (Å²) in [5.41, 5.74) is -0.102. The molecule has 2 N–H and O–H groups in total. The summed E-state index contributed by atoms with van der Waals surface area (Å²) in [5, 5.41) is 5.00. The number of hydrogen-bond donors (Lipinski definition) is 2. The Morgan fingerprint density at radius 2 is 1.87 bits per heavy atom. The van der Waals surface area contributed by atoms with Crippen molar-refractivity contribution in [3.05, 3.63) is 35.9 Å². The van der Waals surface area contributed by atoms with E-state index in [0.29, 0.717) is 12.8 Å². The van der Waals surface area contributed by atoms with Gasteiger partial charge in [-0.15, -0.1) is 0 Å².